The number of amides is 1. The molecule has 0 bridgehead atoms. The van der Waals surface area contributed by atoms with Crippen molar-refractivity contribution in [3.8, 4) is 5.69 Å². The molecule has 4 aromatic rings. The summed E-state index contributed by atoms with van der Waals surface area (Å²) >= 11 is 1.46. The maximum atomic E-state index is 12.9. The van der Waals surface area contributed by atoms with Gasteiger partial charge in [0.25, 0.3) is 0 Å². The van der Waals surface area contributed by atoms with E-state index in [4.69, 9.17) is 0 Å². The SMILES string of the molecule is Cc1ccc(-n2c(C)nnc2SCC(=O)N2CCN(Cc3cccc4ccccc34)CC2)cc1. The molecule has 1 aliphatic heterocycles. The smallest absolute Gasteiger partial charge is 0.233 e. The van der Waals surface area contributed by atoms with Crippen LogP contribution >= 0.6 is 11.8 Å². The maximum absolute atomic E-state index is 12.9. The molecule has 1 aliphatic rings. The van der Waals surface area contributed by atoms with E-state index in [1.807, 2.05) is 16.4 Å². The Kier molecular flexibility index (Phi) is 6.65. The van der Waals surface area contributed by atoms with Gasteiger partial charge in [-0.2, -0.15) is 0 Å². The fraction of sp³-hybridized carbons (Fsp3) is 0.296. The van der Waals surface area contributed by atoms with Crippen LogP contribution in [-0.2, 0) is 11.3 Å². The van der Waals surface area contributed by atoms with E-state index in [0.717, 1.165) is 49.4 Å². The Bertz CT molecular complexity index is 1290. The number of fused-ring (bicyclic) bond motifs is 1. The summed E-state index contributed by atoms with van der Waals surface area (Å²) in [6.45, 7) is 8.21. The van der Waals surface area contributed by atoms with Crippen LogP contribution in [-0.4, -0.2) is 62.4 Å². The molecule has 1 aromatic heterocycles. The molecule has 3 aromatic carbocycles. The third kappa shape index (κ3) is 4.86. The normalized spacial score (nSPS) is 14.6. The standard InChI is InChI=1S/C27H29N5OS/c1-20-10-12-24(13-11-20)32-21(2)28-29-27(32)34-19-26(33)31-16-14-30(15-17-31)18-23-8-5-7-22-6-3-4-9-25(22)23/h3-13H,14-19H2,1-2H3. The lowest BCUT2D eigenvalue weighted by Crippen LogP contribution is -2.48. The minimum absolute atomic E-state index is 0.158. The van der Waals surface area contributed by atoms with Gasteiger partial charge in [0.1, 0.15) is 5.82 Å². The second-order valence-electron chi connectivity index (χ2n) is 8.78. The monoisotopic (exact) mass is 471 g/mol. The topological polar surface area (TPSA) is 54.3 Å². The van der Waals surface area contributed by atoms with Gasteiger partial charge in [-0.1, -0.05) is 71.9 Å². The first-order valence-corrected chi connectivity index (χ1v) is 12.7. The van der Waals surface area contributed by atoms with Crippen molar-refractivity contribution in [3.63, 3.8) is 0 Å². The highest BCUT2D eigenvalue weighted by Crippen LogP contribution is 2.23. The van der Waals surface area contributed by atoms with Crippen molar-refractivity contribution >= 4 is 28.4 Å². The summed E-state index contributed by atoms with van der Waals surface area (Å²) in [5, 5.41) is 11.9. The van der Waals surface area contributed by atoms with Gasteiger partial charge in [0, 0.05) is 38.4 Å². The van der Waals surface area contributed by atoms with Gasteiger partial charge in [0.2, 0.25) is 5.91 Å². The van der Waals surface area contributed by atoms with Gasteiger partial charge in [-0.05, 0) is 42.3 Å². The fourth-order valence-corrected chi connectivity index (χ4v) is 5.37. The number of aromatic nitrogens is 3. The van der Waals surface area contributed by atoms with Gasteiger partial charge in [-0.15, -0.1) is 10.2 Å². The van der Waals surface area contributed by atoms with Crippen LogP contribution in [0.5, 0.6) is 0 Å². The van der Waals surface area contributed by atoms with Gasteiger partial charge < -0.3 is 4.90 Å². The fourth-order valence-electron chi connectivity index (χ4n) is 4.47. The number of benzene rings is 3. The average molecular weight is 472 g/mol. The summed E-state index contributed by atoms with van der Waals surface area (Å²) in [6.07, 6.45) is 0. The number of hydrogen-bond acceptors (Lipinski definition) is 5. The number of rotatable bonds is 6. The Morgan fingerprint density at radius 3 is 2.41 bits per heavy atom. The van der Waals surface area contributed by atoms with Gasteiger partial charge in [-0.3, -0.25) is 14.3 Å². The molecule has 0 radical (unpaired) electrons. The summed E-state index contributed by atoms with van der Waals surface area (Å²) in [7, 11) is 0. The first kappa shape index (κ1) is 22.6. The van der Waals surface area contributed by atoms with Gasteiger partial charge in [0.15, 0.2) is 5.16 Å². The molecule has 2 heterocycles. The molecule has 0 unspecified atom stereocenters. The van der Waals surface area contributed by atoms with Gasteiger partial charge >= 0.3 is 0 Å². The van der Waals surface area contributed by atoms with Crippen LogP contribution < -0.4 is 0 Å². The second kappa shape index (κ2) is 9.99. The quantitative estimate of drug-likeness (QED) is 0.388. The molecule has 34 heavy (non-hydrogen) atoms. The summed E-state index contributed by atoms with van der Waals surface area (Å²) in [6, 6.07) is 23.3. The van der Waals surface area contributed by atoms with Crippen LogP contribution in [0.1, 0.15) is 17.0 Å². The second-order valence-corrected chi connectivity index (χ2v) is 9.73. The summed E-state index contributed by atoms with van der Waals surface area (Å²) in [4.78, 5) is 17.4. The third-order valence-corrected chi connectivity index (χ3v) is 7.32. The van der Waals surface area contributed by atoms with Crippen molar-refractivity contribution in [2.24, 2.45) is 0 Å². The number of aryl methyl sites for hydroxylation is 2. The van der Waals surface area contributed by atoms with Crippen LogP contribution in [0.25, 0.3) is 16.5 Å². The first-order chi connectivity index (χ1) is 16.6. The molecule has 6 nitrogen and oxygen atoms in total. The molecule has 0 spiro atoms. The van der Waals surface area contributed by atoms with Crippen molar-refractivity contribution in [1.29, 1.82) is 0 Å². The van der Waals surface area contributed by atoms with Crippen molar-refractivity contribution in [2.75, 3.05) is 31.9 Å². The first-order valence-electron chi connectivity index (χ1n) is 11.7. The Hall–Kier alpha value is -3.16. The predicted octanol–water partition coefficient (Wildman–Crippen LogP) is 4.47. The lowest BCUT2D eigenvalue weighted by molar-refractivity contribution is -0.130. The molecule has 0 N–H and O–H groups in total. The molecular weight excluding hydrogens is 442 g/mol. The summed E-state index contributed by atoms with van der Waals surface area (Å²) in [5.41, 5.74) is 3.57. The zero-order chi connectivity index (χ0) is 23.5. The Morgan fingerprint density at radius 2 is 1.62 bits per heavy atom. The summed E-state index contributed by atoms with van der Waals surface area (Å²) in [5.74, 6) is 1.35. The number of piperazine rings is 1. The van der Waals surface area contributed by atoms with Crippen LogP contribution in [0.2, 0.25) is 0 Å². The average Bonchev–Trinajstić information content (AvgIpc) is 3.24. The lowest BCUT2D eigenvalue weighted by Gasteiger charge is -2.35. The Morgan fingerprint density at radius 1 is 0.882 bits per heavy atom. The largest absolute Gasteiger partial charge is 0.339 e. The minimum Gasteiger partial charge on any atom is -0.339 e. The number of thioether (sulfide) groups is 1. The van der Waals surface area contributed by atoms with Crippen molar-refractivity contribution in [2.45, 2.75) is 25.5 Å². The van der Waals surface area contributed by atoms with E-state index < -0.39 is 0 Å². The number of hydrogen-bond donors (Lipinski definition) is 0. The highest BCUT2D eigenvalue weighted by atomic mass is 32.2. The highest BCUT2D eigenvalue weighted by Gasteiger charge is 2.22. The molecule has 7 heteroatoms. The Labute approximate surface area is 204 Å². The van der Waals surface area contributed by atoms with Crippen molar-refractivity contribution in [1.82, 2.24) is 24.6 Å². The van der Waals surface area contributed by atoms with Crippen LogP contribution in [0.4, 0.5) is 0 Å². The molecule has 0 aliphatic carbocycles. The van der Waals surface area contributed by atoms with E-state index in [-0.39, 0.29) is 5.91 Å². The van der Waals surface area contributed by atoms with Crippen LogP contribution in [0.15, 0.2) is 71.9 Å². The number of carbonyl (C=O) groups is 1. The minimum atomic E-state index is 0.158. The van der Waals surface area contributed by atoms with Gasteiger partial charge in [0.05, 0.1) is 5.75 Å². The van der Waals surface area contributed by atoms with E-state index in [0.29, 0.717) is 5.75 Å². The zero-order valence-electron chi connectivity index (χ0n) is 19.6. The number of nitrogens with zero attached hydrogens (tertiary/aromatic N) is 5. The third-order valence-electron chi connectivity index (χ3n) is 6.41. The predicted molar refractivity (Wildman–Crippen MR) is 137 cm³/mol. The molecule has 1 fully saturated rings. The maximum Gasteiger partial charge on any atom is 0.233 e. The molecule has 1 saturated heterocycles. The van der Waals surface area contributed by atoms with Crippen LogP contribution in [0.3, 0.4) is 0 Å². The van der Waals surface area contributed by atoms with E-state index in [1.54, 1.807) is 0 Å². The van der Waals surface area contributed by atoms with Crippen molar-refractivity contribution in [3.05, 3.63) is 83.7 Å². The van der Waals surface area contributed by atoms with Crippen molar-refractivity contribution < 1.29 is 4.79 Å². The number of carbonyl (C=O) groups excluding carboxylic acids is 1. The molecular formula is C27H29N5OS. The van der Waals surface area contributed by atoms with E-state index in [2.05, 4.69) is 88.8 Å². The highest BCUT2D eigenvalue weighted by molar-refractivity contribution is 7.99. The molecule has 0 saturated carbocycles. The molecule has 0 atom stereocenters. The van der Waals surface area contributed by atoms with E-state index >= 15 is 0 Å². The molecule has 5 rings (SSSR count). The van der Waals surface area contributed by atoms with Crippen LogP contribution in [0, 0.1) is 13.8 Å². The molecule has 1 amide bonds. The summed E-state index contributed by atoms with van der Waals surface area (Å²) < 4.78 is 2.01. The van der Waals surface area contributed by atoms with E-state index in [1.165, 1.54) is 33.7 Å². The molecule has 174 valence electrons. The lowest BCUT2D eigenvalue weighted by atomic mass is 10.0. The Balaban J connectivity index is 1.17. The zero-order valence-corrected chi connectivity index (χ0v) is 20.5. The van der Waals surface area contributed by atoms with Gasteiger partial charge in [-0.25, -0.2) is 0 Å². The van der Waals surface area contributed by atoms with E-state index in [9.17, 15) is 4.79 Å².